The van der Waals surface area contributed by atoms with Gasteiger partial charge in [0.25, 0.3) is 0 Å². The average Bonchev–Trinajstić information content (AvgIpc) is 1.29. The van der Waals surface area contributed by atoms with E-state index in [1.165, 1.54) is 100 Å². The van der Waals surface area contributed by atoms with Gasteiger partial charge in [0.2, 0.25) is 0 Å². The Labute approximate surface area is 799 Å². The zero-order chi connectivity index (χ0) is 92.4. The summed E-state index contributed by atoms with van der Waals surface area (Å²) in [4.78, 5) is 9.27. The Hall–Kier alpha value is -17.1. The lowest BCUT2D eigenvalue weighted by atomic mass is 9.66. The van der Waals surface area contributed by atoms with E-state index >= 15 is 8.78 Å². The summed E-state index contributed by atoms with van der Waals surface area (Å²) in [5, 5.41) is 0. The minimum atomic E-state index is -0.809. The lowest BCUT2D eigenvalue weighted by molar-refractivity contribution is 0.627. The molecule has 2 unspecified atom stereocenters. The molecular formula is C131H94F2N4. The largest absolute Gasteiger partial charge is 0.310 e. The number of hydrogen-bond donors (Lipinski definition) is 0. The fourth-order valence-corrected chi connectivity index (χ4v) is 23.1. The maximum atomic E-state index is 15.4. The molecule has 4 aliphatic rings. The Morgan fingerprint density at radius 3 is 0.693 bits per heavy atom. The summed E-state index contributed by atoms with van der Waals surface area (Å²) in [5.41, 5.74) is 44.7. The van der Waals surface area contributed by atoms with Gasteiger partial charge in [0.1, 0.15) is 11.6 Å². The molecule has 0 radical (unpaired) electrons. The third-order valence-corrected chi connectivity index (χ3v) is 29.3. The maximum absolute atomic E-state index is 15.4. The van der Waals surface area contributed by atoms with Crippen molar-refractivity contribution >= 4 is 80.4 Å². The molecule has 0 aliphatic heterocycles. The molecule has 0 saturated carbocycles. The van der Waals surface area contributed by atoms with E-state index in [4.69, 9.17) is 0 Å². The van der Waals surface area contributed by atoms with Crippen LogP contribution < -0.4 is 19.6 Å². The molecule has 20 aromatic rings. The van der Waals surface area contributed by atoms with Crippen molar-refractivity contribution in [1.29, 1.82) is 0 Å². The molecule has 0 bridgehead atoms. The zero-order valence-electron chi connectivity index (χ0n) is 76.5. The highest BCUT2D eigenvalue weighted by molar-refractivity contribution is 6.00. The van der Waals surface area contributed by atoms with Crippen LogP contribution in [-0.4, -0.2) is 0 Å². The second-order valence-corrected chi connectivity index (χ2v) is 36.8. The second-order valence-electron chi connectivity index (χ2n) is 36.8. The molecular weight excluding hydrogens is 1670 g/mol. The Balaban J connectivity index is 0.570. The summed E-state index contributed by atoms with van der Waals surface area (Å²) < 4.78 is 30.9. The number of rotatable bonds is 20. The van der Waals surface area contributed by atoms with Crippen molar-refractivity contribution in [3.63, 3.8) is 0 Å². The maximum Gasteiger partial charge on any atom is 0.123 e. The zero-order valence-corrected chi connectivity index (χ0v) is 76.5. The molecule has 0 fully saturated rings. The Bertz CT molecular complexity index is 7670. The van der Waals surface area contributed by atoms with Gasteiger partial charge in [-0.05, 0) is 353 Å². The molecule has 4 aliphatic carbocycles. The average molecular weight is 1760 g/mol. The topological polar surface area (TPSA) is 13.0 Å². The van der Waals surface area contributed by atoms with Gasteiger partial charge in [0, 0.05) is 68.2 Å². The first-order valence-corrected chi connectivity index (χ1v) is 47.1. The quantitative estimate of drug-likeness (QED) is 0.0754. The van der Waals surface area contributed by atoms with Gasteiger partial charge < -0.3 is 19.6 Å². The van der Waals surface area contributed by atoms with E-state index < -0.39 is 16.2 Å². The lowest BCUT2D eigenvalue weighted by Crippen LogP contribution is -2.30. The van der Waals surface area contributed by atoms with Crippen LogP contribution in [0.15, 0.2) is 474 Å². The van der Waals surface area contributed by atoms with Gasteiger partial charge in [-0.3, -0.25) is 0 Å². The van der Waals surface area contributed by atoms with Crippen LogP contribution in [0, 0.1) is 39.3 Å². The highest BCUT2D eigenvalue weighted by Crippen LogP contribution is 2.66. The summed E-state index contributed by atoms with van der Waals surface area (Å²) in [7, 11) is 0. The first-order chi connectivity index (χ1) is 67.3. The predicted molar refractivity (Wildman–Crippen MR) is 566 cm³/mol. The summed E-state index contributed by atoms with van der Waals surface area (Å²) in [6.45, 7) is 17.2. The van der Waals surface area contributed by atoms with E-state index in [-0.39, 0.29) is 11.6 Å². The molecule has 0 N–H and O–H groups in total. The molecule has 20 aromatic carbocycles. The van der Waals surface area contributed by atoms with E-state index in [0.717, 1.165) is 135 Å². The van der Waals surface area contributed by atoms with Crippen LogP contribution in [0.4, 0.5) is 77.0 Å². The molecule has 137 heavy (non-hydrogen) atoms. The lowest BCUT2D eigenvalue weighted by Gasteiger charge is -2.36. The number of nitrogens with zero attached hydrogens (tertiary/aromatic N) is 4. The van der Waals surface area contributed by atoms with Gasteiger partial charge in [-0.15, -0.1) is 0 Å². The third-order valence-electron chi connectivity index (χ3n) is 29.3. The molecule has 652 valence electrons. The van der Waals surface area contributed by atoms with Crippen molar-refractivity contribution in [3.8, 4) is 66.8 Å². The molecule has 1 spiro atoms. The van der Waals surface area contributed by atoms with Crippen molar-refractivity contribution in [2.75, 3.05) is 19.6 Å². The summed E-state index contributed by atoms with van der Waals surface area (Å²) in [6.07, 6.45) is 3.84. The van der Waals surface area contributed by atoms with Gasteiger partial charge in [0.05, 0.1) is 16.2 Å². The fraction of sp³-hybridized carbons (Fsp3) is 0.0534. The number of hydrogen-bond acceptors (Lipinski definition) is 4. The number of halogens is 2. The molecule has 24 rings (SSSR count). The molecule has 0 heterocycles. The summed E-state index contributed by atoms with van der Waals surface area (Å²) >= 11 is 0. The first kappa shape index (κ1) is 83.0. The third kappa shape index (κ3) is 13.4. The minimum Gasteiger partial charge on any atom is -0.310 e. The fourth-order valence-electron chi connectivity index (χ4n) is 23.1. The molecule has 4 nitrogen and oxygen atoms in total. The van der Waals surface area contributed by atoms with Crippen molar-refractivity contribution in [3.05, 3.63) is 586 Å². The normalized spacial score (nSPS) is 15.2. The van der Waals surface area contributed by atoms with Crippen molar-refractivity contribution in [1.82, 2.24) is 0 Å². The van der Waals surface area contributed by atoms with Gasteiger partial charge in [-0.25, -0.2) is 8.78 Å². The van der Waals surface area contributed by atoms with Crippen LogP contribution in [-0.2, 0) is 16.2 Å². The number of para-hydroxylation sites is 2. The number of anilines is 12. The number of aryl methyl sites for hydroxylation is 4. The van der Waals surface area contributed by atoms with Crippen molar-refractivity contribution < 1.29 is 8.78 Å². The van der Waals surface area contributed by atoms with Crippen LogP contribution >= 0.6 is 0 Å². The first-order valence-electron chi connectivity index (χ1n) is 47.1. The predicted octanol–water partition coefficient (Wildman–Crippen LogP) is 34.8. The highest BCUT2D eigenvalue weighted by Gasteiger charge is 2.54. The molecule has 2 atom stereocenters. The number of benzene rings is 20. The van der Waals surface area contributed by atoms with Crippen LogP contribution in [0.5, 0.6) is 0 Å². The van der Waals surface area contributed by atoms with Crippen molar-refractivity contribution in [2.45, 2.75) is 43.9 Å². The van der Waals surface area contributed by atoms with Crippen LogP contribution in [0.1, 0.15) is 100 Å². The van der Waals surface area contributed by atoms with E-state index in [9.17, 15) is 0 Å². The number of fused-ring (bicyclic) bond motifs is 16. The van der Waals surface area contributed by atoms with E-state index in [1.807, 2.05) is 36.4 Å². The summed E-state index contributed by atoms with van der Waals surface area (Å²) in [5.74, 6) is -0.632. The Kier molecular flexibility index (Phi) is 20.2. The van der Waals surface area contributed by atoms with Gasteiger partial charge in [-0.2, -0.15) is 0 Å². The van der Waals surface area contributed by atoms with Crippen LogP contribution in [0.3, 0.4) is 0 Å². The summed E-state index contributed by atoms with van der Waals surface area (Å²) in [6, 6.07) is 166. The highest BCUT2D eigenvalue weighted by atomic mass is 19.1. The second kappa shape index (κ2) is 33.3. The van der Waals surface area contributed by atoms with Gasteiger partial charge in [-0.1, -0.05) is 328 Å². The van der Waals surface area contributed by atoms with E-state index in [2.05, 4.69) is 473 Å². The van der Waals surface area contributed by atoms with Gasteiger partial charge in [0.15, 0.2) is 0 Å². The van der Waals surface area contributed by atoms with Gasteiger partial charge >= 0.3 is 0 Å². The molecule has 0 aromatic heterocycles. The standard InChI is InChI=1S/C131H94F2N4/c1-7-89-39-51-95(52-40-89)129(123-79-85(3)35-37-87(123)5)119-31-19-15-27-111(119)115-75-71-107(81-125(115)129)134(99-23-11-9-12-24-99)101-59-43-91(44-60-101)93-47-63-103(64-48-93)136(105-67-55-97(132)56-68-105)109-73-77-117-113-29-17-21-33-121(113)131(127(117)83-109)122-34-22-18-30-114(122)118-78-74-110(84-128(118)131)137(106-69-57-98(133)58-70-106)104-65-49-94(50-66-104)92-45-61-102(62-46-92)135(100-25-13-10-14-26-100)108-72-76-116-112-28-16-20-32-120(112)130(126(116)82-108,96-53-41-90(8-2)42-54-96)124-80-86(4)36-38-88(124)6/h7-84H,1-2H2,3-6H3. The van der Waals surface area contributed by atoms with E-state index in [0.29, 0.717) is 0 Å². The molecule has 6 heteroatoms. The molecule has 0 saturated heterocycles. The Morgan fingerprint density at radius 1 is 0.190 bits per heavy atom. The molecule has 0 amide bonds. The Morgan fingerprint density at radius 2 is 0.416 bits per heavy atom. The van der Waals surface area contributed by atoms with E-state index in [1.54, 1.807) is 24.3 Å². The monoisotopic (exact) mass is 1760 g/mol. The van der Waals surface area contributed by atoms with Crippen LogP contribution in [0.25, 0.3) is 78.9 Å². The minimum absolute atomic E-state index is 0.316. The smallest absolute Gasteiger partial charge is 0.123 e. The SMILES string of the molecule is C=Cc1ccc(C2(c3cc(C)ccc3C)c3ccccc3-c3ccc(N(c4ccccc4)c4ccc(-c5ccc(N(c6ccc(F)cc6)c6ccc7c(c6)C6(c8ccccc8-7)c7ccccc7-c7ccc(N(c8ccc(F)cc8)c8ccc(-c9ccc(N(c%10ccccc%10)c%10ccc%11c(c%10)C(c%10ccc(C=C)cc%10)(c%10cc(C)ccc%10C)c%10ccccc%10-%11)cc9)cc8)cc76)cc5)cc4)cc32)cc1. The van der Waals surface area contributed by atoms with Crippen LogP contribution in [0.2, 0.25) is 0 Å². The van der Waals surface area contributed by atoms with Crippen molar-refractivity contribution in [2.24, 2.45) is 0 Å².